The van der Waals surface area contributed by atoms with Gasteiger partial charge in [-0.1, -0.05) is 0 Å². The van der Waals surface area contributed by atoms with E-state index < -0.39 is 0 Å². The zero-order chi connectivity index (χ0) is 14.4. The van der Waals surface area contributed by atoms with Crippen molar-refractivity contribution in [1.82, 2.24) is 10.6 Å². The van der Waals surface area contributed by atoms with E-state index in [1.165, 1.54) is 0 Å². The fraction of sp³-hybridized carbons (Fsp3) is 0.933. The molecule has 20 heavy (non-hydrogen) atoms. The van der Waals surface area contributed by atoms with Crippen LogP contribution in [0.2, 0.25) is 0 Å². The highest BCUT2D eigenvalue weighted by atomic mass is 16.5. The van der Waals surface area contributed by atoms with E-state index in [0.29, 0.717) is 18.5 Å². The summed E-state index contributed by atoms with van der Waals surface area (Å²) >= 11 is 0. The average molecular weight is 284 g/mol. The first-order valence-corrected chi connectivity index (χ1v) is 7.90. The molecule has 0 saturated carbocycles. The summed E-state index contributed by atoms with van der Waals surface area (Å²) in [5, 5.41) is 6.40. The Kier molecular flexibility index (Phi) is 6.26. The first kappa shape index (κ1) is 15.7. The van der Waals surface area contributed by atoms with Crippen LogP contribution < -0.4 is 10.6 Å². The maximum atomic E-state index is 12.1. The lowest BCUT2D eigenvalue weighted by Gasteiger charge is -2.30. The molecule has 2 aliphatic rings. The van der Waals surface area contributed by atoms with E-state index in [4.69, 9.17) is 9.47 Å². The number of ether oxygens (including phenoxy) is 2. The second kappa shape index (κ2) is 7.96. The molecule has 5 heteroatoms. The van der Waals surface area contributed by atoms with E-state index in [-0.39, 0.29) is 18.1 Å². The van der Waals surface area contributed by atoms with Crippen LogP contribution in [0.25, 0.3) is 0 Å². The third-order valence-corrected chi connectivity index (χ3v) is 4.41. The van der Waals surface area contributed by atoms with Gasteiger partial charge in [0.1, 0.15) is 0 Å². The van der Waals surface area contributed by atoms with Gasteiger partial charge in [0.05, 0.1) is 12.1 Å². The monoisotopic (exact) mass is 284 g/mol. The smallest absolute Gasteiger partial charge is 0.236 e. The molecule has 0 bridgehead atoms. The molecule has 0 spiro atoms. The van der Waals surface area contributed by atoms with Crippen LogP contribution in [-0.4, -0.2) is 50.5 Å². The molecule has 2 aliphatic heterocycles. The number of amides is 1. The van der Waals surface area contributed by atoms with Crippen LogP contribution in [0.5, 0.6) is 0 Å². The second-order valence-corrected chi connectivity index (χ2v) is 6.01. The lowest BCUT2D eigenvalue weighted by molar-refractivity contribution is -0.123. The van der Waals surface area contributed by atoms with Gasteiger partial charge < -0.3 is 20.1 Å². The minimum absolute atomic E-state index is 0.0689. The zero-order valence-corrected chi connectivity index (χ0v) is 12.7. The summed E-state index contributed by atoms with van der Waals surface area (Å²) in [6, 6.07) is 0.191. The largest absolute Gasteiger partial charge is 0.381 e. The topological polar surface area (TPSA) is 59.6 Å². The minimum Gasteiger partial charge on any atom is -0.381 e. The van der Waals surface area contributed by atoms with E-state index in [1.54, 1.807) is 0 Å². The summed E-state index contributed by atoms with van der Waals surface area (Å²) in [5.41, 5.74) is 0. The van der Waals surface area contributed by atoms with E-state index in [1.807, 2.05) is 6.92 Å². The molecule has 2 N–H and O–H groups in total. The Labute approximate surface area is 121 Å². The molecule has 1 amide bonds. The Morgan fingerprint density at radius 1 is 1.20 bits per heavy atom. The molecule has 2 fully saturated rings. The van der Waals surface area contributed by atoms with Gasteiger partial charge in [-0.3, -0.25) is 4.79 Å². The number of carbonyl (C=O) groups excluding carboxylic acids is 1. The van der Waals surface area contributed by atoms with Crippen molar-refractivity contribution in [2.45, 2.75) is 57.7 Å². The molecule has 2 rings (SSSR count). The van der Waals surface area contributed by atoms with Gasteiger partial charge in [-0.25, -0.2) is 0 Å². The van der Waals surface area contributed by atoms with Crippen LogP contribution in [0.15, 0.2) is 0 Å². The van der Waals surface area contributed by atoms with E-state index in [2.05, 4.69) is 17.6 Å². The van der Waals surface area contributed by atoms with Crippen LogP contribution in [0.4, 0.5) is 0 Å². The predicted molar refractivity (Wildman–Crippen MR) is 77.6 cm³/mol. The quantitative estimate of drug-likeness (QED) is 0.766. The second-order valence-electron chi connectivity index (χ2n) is 6.01. The highest BCUT2D eigenvalue weighted by Crippen LogP contribution is 2.18. The highest BCUT2D eigenvalue weighted by Gasteiger charge is 2.24. The number of hydrogen-bond acceptors (Lipinski definition) is 4. The first-order chi connectivity index (χ1) is 9.66. The molecule has 116 valence electrons. The van der Waals surface area contributed by atoms with Crippen molar-refractivity contribution < 1.29 is 14.3 Å². The van der Waals surface area contributed by atoms with Crippen LogP contribution in [0.1, 0.15) is 39.5 Å². The SMILES string of the molecule is C[C@H](N[C@H](C)C1CCOCC1)C(=O)NC[C@H]1CCCO1. The number of hydrogen-bond donors (Lipinski definition) is 2. The molecule has 5 nitrogen and oxygen atoms in total. The van der Waals surface area contributed by atoms with Crippen molar-refractivity contribution >= 4 is 5.91 Å². The molecule has 0 aliphatic carbocycles. The Hall–Kier alpha value is -0.650. The van der Waals surface area contributed by atoms with Crippen molar-refractivity contribution in [3.8, 4) is 0 Å². The van der Waals surface area contributed by atoms with Crippen LogP contribution >= 0.6 is 0 Å². The van der Waals surface area contributed by atoms with Gasteiger partial charge in [-0.2, -0.15) is 0 Å². The summed E-state index contributed by atoms with van der Waals surface area (Å²) in [4.78, 5) is 12.1. The predicted octanol–water partition coefficient (Wildman–Crippen LogP) is 1.07. The van der Waals surface area contributed by atoms with Crippen molar-refractivity contribution in [1.29, 1.82) is 0 Å². The standard InChI is InChI=1S/C15H28N2O3/c1-11(13-5-8-19-9-6-13)17-12(2)15(18)16-10-14-4-3-7-20-14/h11-14,17H,3-10H2,1-2H3,(H,16,18)/t11-,12+,14-/m1/s1. The Balaban J connectivity index is 1.66. The average Bonchev–Trinajstić information content (AvgIpc) is 2.98. The van der Waals surface area contributed by atoms with Gasteiger partial charge in [0.15, 0.2) is 0 Å². The van der Waals surface area contributed by atoms with Gasteiger partial charge in [-0.15, -0.1) is 0 Å². The van der Waals surface area contributed by atoms with Gasteiger partial charge >= 0.3 is 0 Å². The van der Waals surface area contributed by atoms with Gasteiger partial charge in [0.25, 0.3) is 0 Å². The van der Waals surface area contributed by atoms with E-state index in [0.717, 1.165) is 45.5 Å². The Morgan fingerprint density at radius 2 is 1.95 bits per heavy atom. The van der Waals surface area contributed by atoms with Gasteiger partial charge in [0, 0.05) is 32.4 Å². The molecule has 0 aromatic carbocycles. The van der Waals surface area contributed by atoms with Crippen molar-refractivity contribution in [2.75, 3.05) is 26.4 Å². The zero-order valence-electron chi connectivity index (χ0n) is 12.7. The Bertz CT molecular complexity index is 299. The molecule has 0 unspecified atom stereocenters. The molecular weight excluding hydrogens is 256 g/mol. The first-order valence-electron chi connectivity index (χ1n) is 7.90. The minimum atomic E-state index is -0.158. The van der Waals surface area contributed by atoms with Crippen molar-refractivity contribution in [3.05, 3.63) is 0 Å². The molecule has 0 aromatic rings. The van der Waals surface area contributed by atoms with Crippen LogP contribution in [0.3, 0.4) is 0 Å². The third-order valence-electron chi connectivity index (χ3n) is 4.41. The summed E-state index contributed by atoms with van der Waals surface area (Å²) in [6.45, 7) is 7.25. The fourth-order valence-corrected chi connectivity index (χ4v) is 2.99. The van der Waals surface area contributed by atoms with E-state index in [9.17, 15) is 4.79 Å². The fourth-order valence-electron chi connectivity index (χ4n) is 2.99. The summed E-state index contributed by atoms with van der Waals surface area (Å²) in [5.74, 6) is 0.677. The molecule has 3 atom stereocenters. The lowest BCUT2D eigenvalue weighted by Crippen LogP contribution is -2.49. The number of carbonyl (C=O) groups is 1. The normalized spacial score (nSPS) is 27.2. The van der Waals surface area contributed by atoms with Crippen molar-refractivity contribution in [3.63, 3.8) is 0 Å². The maximum Gasteiger partial charge on any atom is 0.236 e. The molecule has 2 saturated heterocycles. The summed E-state index contributed by atoms with van der Waals surface area (Å²) in [6.07, 6.45) is 4.53. The lowest BCUT2D eigenvalue weighted by atomic mass is 9.92. The Morgan fingerprint density at radius 3 is 2.60 bits per heavy atom. The van der Waals surface area contributed by atoms with E-state index >= 15 is 0 Å². The molecule has 0 radical (unpaired) electrons. The molecule has 2 heterocycles. The summed E-state index contributed by atoms with van der Waals surface area (Å²) < 4.78 is 10.9. The molecular formula is C15H28N2O3. The maximum absolute atomic E-state index is 12.1. The third kappa shape index (κ3) is 4.72. The number of nitrogens with one attached hydrogen (secondary N) is 2. The highest BCUT2D eigenvalue weighted by molar-refractivity contribution is 5.81. The van der Waals surface area contributed by atoms with Gasteiger partial charge in [0.2, 0.25) is 5.91 Å². The molecule has 0 aromatic heterocycles. The van der Waals surface area contributed by atoms with Gasteiger partial charge in [-0.05, 0) is 45.4 Å². The van der Waals surface area contributed by atoms with Crippen LogP contribution in [0, 0.1) is 5.92 Å². The van der Waals surface area contributed by atoms with Crippen LogP contribution in [-0.2, 0) is 14.3 Å². The number of rotatable bonds is 6. The van der Waals surface area contributed by atoms with Crippen molar-refractivity contribution in [2.24, 2.45) is 5.92 Å². The summed E-state index contributed by atoms with van der Waals surface area (Å²) in [7, 11) is 0.